The zero-order chi connectivity index (χ0) is 13.5. The van der Waals surface area contributed by atoms with Crippen LogP contribution in [0.15, 0.2) is 36.4 Å². The third-order valence-electron chi connectivity index (χ3n) is 3.29. The van der Waals surface area contributed by atoms with Gasteiger partial charge in [-0.05, 0) is 45.0 Å². The normalized spacial score (nSPS) is 11.3. The van der Waals surface area contributed by atoms with E-state index in [2.05, 4.69) is 41.2 Å². The van der Waals surface area contributed by atoms with Crippen LogP contribution in [0.3, 0.4) is 0 Å². The molecule has 1 aromatic carbocycles. The van der Waals surface area contributed by atoms with Crippen LogP contribution in [0.25, 0.3) is 10.9 Å². The van der Waals surface area contributed by atoms with Crippen molar-refractivity contribution in [2.24, 2.45) is 0 Å². The lowest BCUT2D eigenvalue weighted by Crippen LogP contribution is -2.19. The first kappa shape index (κ1) is 14.0. The van der Waals surface area contributed by atoms with Crippen molar-refractivity contribution in [2.45, 2.75) is 25.8 Å². The van der Waals surface area contributed by atoms with E-state index in [0.29, 0.717) is 6.61 Å². The molecule has 1 N–H and O–H groups in total. The minimum absolute atomic E-state index is 0.302. The van der Waals surface area contributed by atoms with Crippen LogP contribution in [-0.2, 0) is 6.54 Å². The minimum atomic E-state index is 0.302. The zero-order valence-electron chi connectivity index (χ0n) is 11.5. The molecule has 0 aliphatic heterocycles. The van der Waals surface area contributed by atoms with Crippen LogP contribution in [0.4, 0.5) is 0 Å². The predicted octanol–water partition coefficient (Wildman–Crippen LogP) is 2.83. The molecule has 0 amide bonds. The smallest absolute Gasteiger partial charge is 0.0705 e. The number of benzene rings is 1. The predicted molar refractivity (Wildman–Crippen MR) is 79.0 cm³/mol. The van der Waals surface area contributed by atoms with Crippen molar-refractivity contribution in [1.82, 2.24) is 9.88 Å². The Labute approximate surface area is 114 Å². The van der Waals surface area contributed by atoms with Crippen LogP contribution in [0.5, 0.6) is 0 Å². The highest BCUT2D eigenvalue weighted by Gasteiger charge is 2.02. The Balaban J connectivity index is 1.89. The van der Waals surface area contributed by atoms with Gasteiger partial charge in [0.25, 0.3) is 0 Å². The lowest BCUT2D eigenvalue weighted by Gasteiger charge is -2.16. The molecular weight excluding hydrogens is 236 g/mol. The van der Waals surface area contributed by atoms with Gasteiger partial charge in [0.1, 0.15) is 0 Å². The third-order valence-corrected chi connectivity index (χ3v) is 3.29. The number of unbranched alkanes of at least 4 members (excludes halogenated alkanes) is 2. The molecule has 1 heterocycles. The van der Waals surface area contributed by atoms with E-state index in [1.165, 1.54) is 5.39 Å². The minimum Gasteiger partial charge on any atom is -0.396 e. The van der Waals surface area contributed by atoms with Crippen molar-refractivity contribution in [1.29, 1.82) is 0 Å². The van der Waals surface area contributed by atoms with Crippen molar-refractivity contribution in [3.63, 3.8) is 0 Å². The molecule has 0 saturated heterocycles. The summed E-state index contributed by atoms with van der Waals surface area (Å²) in [5.41, 5.74) is 2.18. The topological polar surface area (TPSA) is 36.4 Å². The molecule has 2 aromatic rings. The summed E-state index contributed by atoms with van der Waals surface area (Å²) in [4.78, 5) is 6.96. The standard InChI is InChI=1S/C16H22N2O/c1-18(11-5-2-6-12-19)13-15-10-9-14-7-3-4-8-16(14)17-15/h3-4,7-10,19H,2,5-6,11-13H2,1H3. The molecule has 102 valence electrons. The highest BCUT2D eigenvalue weighted by molar-refractivity contribution is 5.78. The Kier molecular flexibility index (Phi) is 5.31. The fourth-order valence-electron chi connectivity index (χ4n) is 2.22. The maximum absolute atomic E-state index is 8.74. The van der Waals surface area contributed by atoms with Crippen molar-refractivity contribution in [2.75, 3.05) is 20.2 Å². The van der Waals surface area contributed by atoms with E-state index in [1.54, 1.807) is 0 Å². The summed E-state index contributed by atoms with van der Waals surface area (Å²) in [6.45, 7) is 2.23. The molecule has 3 heteroatoms. The summed E-state index contributed by atoms with van der Waals surface area (Å²) in [6, 6.07) is 12.4. The van der Waals surface area contributed by atoms with Gasteiger partial charge in [0.15, 0.2) is 0 Å². The first-order valence-corrected chi connectivity index (χ1v) is 6.93. The number of nitrogens with zero attached hydrogens (tertiary/aromatic N) is 2. The van der Waals surface area contributed by atoms with Crippen molar-refractivity contribution in [3.8, 4) is 0 Å². The SMILES string of the molecule is CN(CCCCCO)Cc1ccc2ccccc2n1. The van der Waals surface area contributed by atoms with Crippen molar-refractivity contribution in [3.05, 3.63) is 42.1 Å². The van der Waals surface area contributed by atoms with E-state index in [-0.39, 0.29) is 0 Å². The maximum Gasteiger partial charge on any atom is 0.0705 e. The first-order chi connectivity index (χ1) is 9.29. The Morgan fingerprint density at radius 2 is 1.89 bits per heavy atom. The summed E-state index contributed by atoms with van der Waals surface area (Å²) < 4.78 is 0. The number of para-hydroxylation sites is 1. The van der Waals surface area contributed by atoms with Crippen LogP contribution in [0.1, 0.15) is 25.0 Å². The molecule has 19 heavy (non-hydrogen) atoms. The molecule has 0 aliphatic rings. The highest BCUT2D eigenvalue weighted by Crippen LogP contribution is 2.12. The molecule has 0 radical (unpaired) electrons. The highest BCUT2D eigenvalue weighted by atomic mass is 16.2. The fraction of sp³-hybridized carbons (Fsp3) is 0.438. The molecule has 0 spiro atoms. The van der Waals surface area contributed by atoms with Gasteiger partial charge < -0.3 is 10.0 Å². The summed E-state index contributed by atoms with van der Waals surface area (Å²) in [7, 11) is 2.12. The van der Waals surface area contributed by atoms with Crippen LogP contribution in [-0.4, -0.2) is 35.2 Å². The van der Waals surface area contributed by atoms with Gasteiger partial charge in [-0.25, -0.2) is 0 Å². The van der Waals surface area contributed by atoms with E-state index < -0.39 is 0 Å². The summed E-state index contributed by atoms with van der Waals surface area (Å²) >= 11 is 0. The molecule has 1 aromatic heterocycles. The van der Waals surface area contributed by atoms with Gasteiger partial charge in [-0.2, -0.15) is 0 Å². The Morgan fingerprint density at radius 1 is 1.05 bits per heavy atom. The van der Waals surface area contributed by atoms with Gasteiger partial charge in [0.2, 0.25) is 0 Å². The Bertz CT molecular complexity index is 513. The van der Waals surface area contributed by atoms with Crippen LogP contribution in [0.2, 0.25) is 0 Å². The monoisotopic (exact) mass is 258 g/mol. The quantitative estimate of drug-likeness (QED) is 0.776. The van der Waals surface area contributed by atoms with Gasteiger partial charge in [0.05, 0.1) is 11.2 Å². The largest absolute Gasteiger partial charge is 0.396 e. The van der Waals surface area contributed by atoms with E-state index in [9.17, 15) is 0 Å². The maximum atomic E-state index is 8.74. The third kappa shape index (κ3) is 4.30. The summed E-state index contributed by atoms with van der Waals surface area (Å²) in [5.74, 6) is 0. The molecule has 0 atom stereocenters. The van der Waals surface area contributed by atoms with Crippen LogP contribution < -0.4 is 0 Å². The molecule has 3 nitrogen and oxygen atoms in total. The number of hydrogen-bond acceptors (Lipinski definition) is 3. The van der Waals surface area contributed by atoms with Crippen LogP contribution in [0, 0.1) is 0 Å². The molecule has 0 saturated carbocycles. The second kappa shape index (κ2) is 7.22. The number of pyridine rings is 1. The first-order valence-electron chi connectivity index (χ1n) is 6.93. The van der Waals surface area contributed by atoms with E-state index in [0.717, 1.165) is 43.6 Å². The lowest BCUT2D eigenvalue weighted by atomic mass is 10.2. The van der Waals surface area contributed by atoms with E-state index in [1.807, 2.05) is 12.1 Å². The van der Waals surface area contributed by atoms with Gasteiger partial charge in [-0.15, -0.1) is 0 Å². The number of rotatable bonds is 7. The zero-order valence-corrected chi connectivity index (χ0v) is 11.5. The molecule has 0 fully saturated rings. The molecule has 0 unspecified atom stereocenters. The van der Waals surface area contributed by atoms with Crippen molar-refractivity contribution < 1.29 is 5.11 Å². The summed E-state index contributed by atoms with van der Waals surface area (Å²) in [5, 5.41) is 9.94. The van der Waals surface area contributed by atoms with Gasteiger partial charge in [-0.3, -0.25) is 4.98 Å². The number of aliphatic hydroxyl groups excluding tert-OH is 1. The Hall–Kier alpha value is -1.45. The number of fused-ring (bicyclic) bond motifs is 1. The summed E-state index contributed by atoms with van der Waals surface area (Å²) in [6.07, 6.45) is 3.12. The van der Waals surface area contributed by atoms with E-state index in [4.69, 9.17) is 5.11 Å². The van der Waals surface area contributed by atoms with Gasteiger partial charge >= 0.3 is 0 Å². The molecule has 2 rings (SSSR count). The fourth-order valence-corrected chi connectivity index (χ4v) is 2.22. The lowest BCUT2D eigenvalue weighted by molar-refractivity contribution is 0.270. The van der Waals surface area contributed by atoms with Crippen LogP contribution >= 0.6 is 0 Å². The second-order valence-corrected chi connectivity index (χ2v) is 5.02. The number of aromatic nitrogens is 1. The van der Waals surface area contributed by atoms with Crippen molar-refractivity contribution >= 4 is 10.9 Å². The van der Waals surface area contributed by atoms with Gasteiger partial charge in [-0.1, -0.05) is 24.3 Å². The number of aliphatic hydroxyl groups is 1. The molecular formula is C16H22N2O. The second-order valence-electron chi connectivity index (χ2n) is 5.02. The van der Waals surface area contributed by atoms with E-state index >= 15 is 0 Å². The average Bonchev–Trinajstić information content (AvgIpc) is 2.43. The molecule has 0 bridgehead atoms. The number of hydrogen-bond donors (Lipinski definition) is 1. The van der Waals surface area contributed by atoms with Gasteiger partial charge in [0, 0.05) is 18.5 Å². The average molecular weight is 258 g/mol. The molecule has 0 aliphatic carbocycles. The Morgan fingerprint density at radius 3 is 2.74 bits per heavy atom.